The largest absolute Gasteiger partial charge is 0.491 e. The van der Waals surface area contributed by atoms with Gasteiger partial charge in [0, 0.05) is 24.3 Å². The van der Waals surface area contributed by atoms with E-state index >= 15 is 0 Å². The molecule has 0 unspecified atom stereocenters. The number of rotatable bonds is 7. The van der Waals surface area contributed by atoms with Crippen LogP contribution in [0, 0.1) is 0 Å². The predicted molar refractivity (Wildman–Crippen MR) is 148 cm³/mol. The Morgan fingerprint density at radius 1 is 0.864 bits per heavy atom. The molecule has 2 fully saturated rings. The van der Waals surface area contributed by atoms with E-state index in [0.29, 0.717) is 23.6 Å². The maximum atomic E-state index is 13.9. The van der Waals surface area contributed by atoms with Gasteiger partial charge in [0.25, 0.3) is 5.91 Å². The van der Waals surface area contributed by atoms with Crippen molar-refractivity contribution >= 4 is 17.5 Å². The van der Waals surface area contributed by atoms with Crippen LogP contribution < -0.4 is 9.64 Å². The van der Waals surface area contributed by atoms with Crippen molar-refractivity contribution in [3.05, 3.63) is 95.6 Å². The third kappa shape index (κ3) is 6.47. The highest BCUT2D eigenvalue weighted by Crippen LogP contribution is 2.41. The van der Waals surface area contributed by atoms with Crippen LogP contribution in [0.1, 0.15) is 34.3 Å². The van der Waals surface area contributed by atoms with Crippen LogP contribution in [0.3, 0.4) is 0 Å². The zero-order valence-electron chi connectivity index (χ0n) is 23.3. The van der Waals surface area contributed by atoms with E-state index in [2.05, 4.69) is 0 Å². The fourth-order valence-corrected chi connectivity index (χ4v) is 5.70. The number of carbonyl (C=O) groups is 2. The van der Waals surface area contributed by atoms with E-state index in [0.717, 1.165) is 0 Å². The second kappa shape index (κ2) is 12.0. The van der Waals surface area contributed by atoms with Gasteiger partial charge in [0.2, 0.25) is 5.91 Å². The Morgan fingerprint density at radius 3 is 1.95 bits per heavy atom. The van der Waals surface area contributed by atoms with E-state index in [4.69, 9.17) is 4.74 Å². The van der Waals surface area contributed by atoms with Crippen LogP contribution in [0.5, 0.6) is 5.75 Å². The molecule has 0 aromatic heterocycles. The van der Waals surface area contributed by atoms with E-state index in [1.165, 1.54) is 9.80 Å². The summed E-state index contributed by atoms with van der Waals surface area (Å²) in [6.45, 7) is -0.144. The molecule has 1 N–H and O–H groups in total. The van der Waals surface area contributed by atoms with Crippen molar-refractivity contribution < 1.29 is 45.8 Å². The van der Waals surface area contributed by atoms with Crippen LogP contribution in [0.4, 0.5) is 32.0 Å². The van der Waals surface area contributed by atoms with Crippen LogP contribution in [-0.4, -0.2) is 71.3 Å². The molecule has 3 aromatic carbocycles. The van der Waals surface area contributed by atoms with Crippen LogP contribution in [-0.2, 0) is 17.1 Å². The zero-order valence-corrected chi connectivity index (χ0v) is 23.3. The molecule has 234 valence electrons. The molecule has 0 bridgehead atoms. The molecule has 2 heterocycles. The Balaban J connectivity index is 1.34. The number of para-hydroxylation sites is 2. The van der Waals surface area contributed by atoms with Gasteiger partial charge in [-0.1, -0.05) is 36.4 Å². The summed E-state index contributed by atoms with van der Waals surface area (Å²) in [5.41, 5.74) is -4.30. The minimum atomic E-state index is -5.09. The first-order valence-electron chi connectivity index (χ1n) is 13.8. The maximum Gasteiger partial charge on any atom is 0.416 e. The molecular weight excluding hydrogens is 592 g/mol. The maximum absolute atomic E-state index is 13.9. The number of carbonyl (C=O) groups excluding carboxylic acids is 2. The Kier molecular flexibility index (Phi) is 8.52. The predicted octanol–water partition coefficient (Wildman–Crippen LogP) is 5.45. The van der Waals surface area contributed by atoms with Crippen molar-refractivity contribution in [1.29, 1.82) is 0 Å². The SMILES string of the molecule is O=C(c1cc(C(F)(F)F)cc(C(F)(F)F)c1)N1CCC2(CC1)C(=O)N(C[C@@H](O)COc1ccccc1)CN2c1ccccc1. The summed E-state index contributed by atoms with van der Waals surface area (Å²) < 4.78 is 85.9. The van der Waals surface area contributed by atoms with E-state index < -0.39 is 46.6 Å². The fraction of sp³-hybridized carbons (Fsp3) is 0.355. The minimum absolute atomic E-state index is 0.0230. The van der Waals surface area contributed by atoms with E-state index in [1.54, 1.807) is 36.4 Å². The monoisotopic (exact) mass is 621 g/mol. The van der Waals surface area contributed by atoms with Gasteiger partial charge in [-0.15, -0.1) is 0 Å². The van der Waals surface area contributed by atoms with Gasteiger partial charge < -0.3 is 24.5 Å². The Bertz CT molecular complexity index is 1440. The number of ether oxygens (including phenoxy) is 1. The number of hydrogen-bond acceptors (Lipinski definition) is 5. The van der Waals surface area contributed by atoms with Crippen LogP contribution >= 0.6 is 0 Å². The molecule has 7 nitrogen and oxygen atoms in total. The summed E-state index contributed by atoms with van der Waals surface area (Å²) in [7, 11) is 0. The molecule has 0 radical (unpaired) electrons. The van der Waals surface area contributed by atoms with E-state index in [1.807, 2.05) is 29.2 Å². The molecule has 44 heavy (non-hydrogen) atoms. The fourth-order valence-electron chi connectivity index (χ4n) is 5.70. The van der Waals surface area contributed by atoms with Gasteiger partial charge in [0.05, 0.1) is 24.3 Å². The van der Waals surface area contributed by atoms with Gasteiger partial charge in [-0.2, -0.15) is 26.3 Å². The van der Waals surface area contributed by atoms with Crippen molar-refractivity contribution in [3.8, 4) is 5.75 Å². The van der Waals surface area contributed by atoms with Crippen molar-refractivity contribution in [3.63, 3.8) is 0 Å². The molecule has 2 amide bonds. The highest BCUT2D eigenvalue weighted by atomic mass is 19.4. The Morgan fingerprint density at radius 2 is 1.41 bits per heavy atom. The average molecular weight is 622 g/mol. The lowest BCUT2D eigenvalue weighted by Gasteiger charge is -2.43. The van der Waals surface area contributed by atoms with Gasteiger partial charge in [-0.3, -0.25) is 9.59 Å². The van der Waals surface area contributed by atoms with E-state index in [-0.39, 0.29) is 57.7 Å². The summed E-state index contributed by atoms with van der Waals surface area (Å²) in [4.78, 5) is 31.7. The molecule has 3 aromatic rings. The molecule has 13 heteroatoms. The number of amides is 2. The standard InChI is InChI=1S/C31H29F6N3O4/c32-30(33,34)22-15-21(16-23(17-22)31(35,36)37)27(42)38-13-11-29(12-14-38)28(43)39(20-40(29)24-7-3-1-4-8-24)18-25(41)19-44-26-9-5-2-6-10-26/h1-10,15-17,25,41H,11-14,18-20H2/t25-/m1/s1. The van der Waals surface area contributed by atoms with Gasteiger partial charge in [0.15, 0.2) is 0 Å². The first-order chi connectivity index (χ1) is 20.8. The molecule has 0 saturated carbocycles. The van der Waals surface area contributed by atoms with E-state index in [9.17, 15) is 41.0 Å². The first-order valence-corrected chi connectivity index (χ1v) is 13.8. The third-order valence-corrected chi connectivity index (χ3v) is 7.91. The van der Waals surface area contributed by atoms with Gasteiger partial charge >= 0.3 is 12.4 Å². The Labute approximate surface area is 249 Å². The molecular formula is C31H29F6N3O4. The molecule has 2 aliphatic rings. The summed E-state index contributed by atoms with van der Waals surface area (Å²) >= 11 is 0. The summed E-state index contributed by atoms with van der Waals surface area (Å²) in [5, 5.41) is 10.7. The molecule has 0 aliphatic carbocycles. The first kappa shape index (κ1) is 31.2. The number of hydrogen-bond donors (Lipinski definition) is 1. The third-order valence-electron chi connectivity index (χ3n) is 7.91. The number of benzene rings is 3. The number of anilines is 1. The Hall–Kier alpha value is -4.26. The number of alkyl halides is 6. The number of piperidine rings is 1. The van der Waals surface area contributed by atoms with Crippen LogP contribution in [0.15, 0.2) is 78.9 Å². The summed E-state index contributed by atoms with van der Waals surface area (Å²) in [6.07, 6.45) is -11.0. The molecule has 1 atom stereocenters. The lowest BCUT2D eigenvalue weighted by molar-refractivity contribution is -0.143. The second-order valence-electron chi connectivity index (χ2n) is 10.8. The van der Waals surface area contributed by atoms with Crippen molar-refractivity contribution in [1.82, 2.24) is 9.80 Å². The number of likely N-dealkylation sites (tertiary alicyclic amines) is 1. The zero-order chi connectivity index (χ0) is 31.7. The number of halogens is 6. The highest BCUT2D eigenvalue weighted by Gasteiger charge is 2.54. The number of β-amino-alcohol motifs (C(OH)–C–C–N with tert-alkyl or cyclic N) is 1. The second-order valence-corrected chi connectivity index (χ2v) is 10.8. The minimum Gasteiger partial charge on any atom is -0.491 e. The van der Waals surface area contributed by atoms with Gasteiger partial charge in [-0.05, 0) is 55.3 Å². The number of aliphatic hydroxyl groups excluding tert-OH is 1. The van der Waals surface area contributed by atoms with Crippen molar-refractivity contribution in [2.75, 3.05) is 37.8 Å². The smallest absolute Gasteiger partial charge is 0.416 e. The molecule has 5 rings (SSSR count). The highest BCUT2D eigenvalue weighted by molar-refractivity contribution is 5.96. The van der Waals surface area contributed by atoms with Crippen molar-refractivity contribution in [2.24, 2.45) is 0 Å². The molecule has 2 aliphatic heterocycles. The van der Waals surface area contributed by atoms with Crippen LogP contribution in [0.25, 0.3) is 0 Å². The quantitative estimate of drug-likeness (QED) is 0.356. The molecule has 2 saturated heterocycles. The van der Waals surface area contributed by atoms with Gasteiger partial charge in [0.1, 0.15) is 24.0 Å². The lowest BCUT2D eigenvalue weighted by atomic mass is 9.85. The number of nitrogens with zero attached hydrogens (tertiary/aromatic N) is 3. The summed E-state index contributed by atoms with van der Waals surface area (Å²) in [6, 6.07) is 18.7. The normalized spacial score (nSPS) is 17.7. The van der Waals surface area contributed by atoms with Crippen molar-refractivity contribution in [2.45, 2.75) is 36.8 Å². The summed E-state index contributed by atoms with van der Waals surface area (Å²) in [5.74, 6) is -0.731. The lowest BCUT2D eigenvalue weighted by Crippen LogP contribution is -2.57. The molecule has 1 spiro atoms. The van der Waals surface area contributed by atoms with Gasteiger partial charge in [-0.25, -0.2) is 0 Å². The van der Waals surface area contributed by atoms with Crippen LogP contribution in [0.2, 0.25) is 0 Å². The number of aliphatic hydroxyl groups is 1. The topological polar surface area (TPSA) is 73.3 Å². The average Bonchev–Trinajstić information content (AvgIpc) is 3.26.